The van der Waals surface area contributed by atoms with E-state index in [0.29, 0.717) is 12.2 Å². The summed E-state index contributed by atoms with van der Waals surface area (Å²) in [5, 5.41) is 0. The molecule has 0 saturated carbocycles. The number of methoxy groups -OCH3 is 1. The van der Waals surface area contributed by atoms with Gasteiger partial charge in [0.1, 0.15) is 12.4 Å². The van der Waals surface area contributed by atoms with Gasteiger partial charge < -0.3 is 9.47 Å². The van der Waals surface area contributed by atoms with Crippen molar-refractivity contribution in [1.29, 1.82) is 0 Å². The predicted octanol–water partition coefficient (Wildman–Crippen LogP) is 3.98. The zero-order valence-electron chi connectivity index (χ0n) is 12.9. The van der Waals surface area contributed by atoms with Gasteiger partial charge in [-0.2, -0.15) is 0 Å². The van der Waals surface area contributed by atoms with E-state index in [-0.39, 0.29) is 5.97 Å². The summed E-state index contributed by atoms with van der Waals surface area (Å²) in [6.45, 7) is 6.47. The highest BCUT2D eigenvalue weighted by Crippen LogP contribution is 2.27. The molecule has 0 aliphatic heterocycles. The van der Waals surface area contributed by atoms with Crippen LogP contribution < -0.4 is 4.74 Å². The van der Waals surface area contributed by atoms with Crippen molar-refractivity contribution in [2.45, 2.75) is 27.4 Å². The van der Waals surface area contributed by atoms with Gasteiger partial charge >= 0.3 is 5.97 Å². The smallest absolute Gasteiger partial charge is 0.338 e. The Bertz CT molecular complexity index is 660. The van der Waals surface area contributed by atoms with Crippen molar-refractivity contribution in [3.8, 4) is 5.75 Å². The van der Waals surface area contributed by atoms with E-state index in [4.69, 9.17) is 9.47 Å². The lowest BCUT2D eigenvalue weighted by Crippen LogP contribution is -2.08. The topological polar surface area (TPSA) is 35.5 Å². The first-order chi connectivity index (χ1) is 10.0. The first-order valence-corrected chi connectivity index (χ1v) is 6.90. The van der Waals surface area contributed by atoms with Crippen LogP contribution >= 0.6 is 0 Å². The van der Waals surface area contributed by atoms with Crippen molar-refractivity contribution in [3.05, 3.63) is 64.2 Å². The fourth-order valence-electron chi connectivity index (χ4n) is 2.25. The van der Waals surface area contributed by atoms with Crippen molar-refractivity contribution in [2.75, 3.05) is 7.11 Å². The second-order valence-corrected chi connectivity index (χ2v) is 5.09. The van der Waals surface area contributed by atoms with Crippen LogP contribution in [-0.2, 0) is 11.3 Å². The van der Waals surface area contributed by atoms with Gasteiger partial charge in [0.2, 0.25) is 0 Å². The molecule has 21 heavy (non-hydrogen) atoms. The first-order valence-electron chi connectivity index (χ1n) is 6.90. The lowest BCUT2D eigenvalue weighted by molar-refractivity contribution is 0.0597. The van der Waals surface area contributed by atoms with Crippen molar-refractivity contribution in [3.63, 3.8) is 0 Å². The normalized spacial score (nSPS) is 10.3. The fraction of sp³-hybridized carbons (Fsp3) is 0.278. The van der Waals surface area contributed by atoms with Crippen molar-refractivity contribution in [2.24, 2.45) is 0 Å². The molecule has 0 saturated heterocycles. The third kappa shape index (κ3) is 3.24. The van der Waals surface area contributed by atoms with Gasteiger partial charge in [0.05, 0.1) is 12.7 Å². The Morgan fingerprint density at radius 2 is 1.67 bits per heavy atom. The number of hydrogen-bond donors (Lipinski definition) is 0. The molecule has 2 rings (SSSR count). The zero-order chi connectivity index (χ0) is 15.4. The maximum atomic E-state index is 11.8. The van der Waals surface area contributed by atoms with Crippen molar-refractivity contribution >= 4 is 5.97 Å². The molecule has 0 bridgehead atoms. The van der Waals surface area contributed by atoms with Gasteiger partial charge in [-0.25, -0.2) is 4.79 Å². The summed E-state index contributed by atoms with van der Waals surface area (Å²) in [7, 11) is 1.38. The number of carbonyl (C=O) groups is 1. The zero-order valence-corrected chi connectivity index (χ0v) is 12.9. The first kappa shape index (κ1) is 15.1. The quantitative estimate of drug-likeness (QED) is 0.797. The van der Waals surface area contributed by atoms with Gasteiger partial charge in [-0.05, 0) is 43.5 Å². The Kier molecular flexibility index (Phi) is 4.63. The summed E-state index contributed by atoms with van der Waals surface area (Å²) < 4.78 is 10.8. The molecule has 0 N–H and O–H groups in total. The minimum absolute atomic E-state index is 0.341. The minimum Gasteiger partial charge on any atom is -0.488 e. The van der Waals surface area contributed by atoms with E-state index in [9.17, 15) is 4.79 Å². The van der Waals surface area contributed by atoms with E-state index >= 15 is 0 Å². The maximum Gasteiger partial charge on any atom is 0.338 e. The van der Waals surface area contributed by atoms with Gasteiger partial charge in [0.25, 0.3) is 0 Å². The molecule has 2 aromatic carbocycles. The molecule has 0 aliphatic rings. The summed E-state index contributed by atoms with van der Waals surface area (Å²) in [4.78, 5) is 11.8. The second kappa shape index (κ2) is 6.44. The number of benzene rings is 2. The van der Waals surface area contributed by atoms with Crippen molar-refractivity contribution in [1.82, 2.24) is 0 Å². The molecule has 0 aliphatic carbocycles. The molecule has 3 nitrogen and oxygen atoms in total. The lowest BCUT2D eigenvalue weighted by Gasteiger charge is -2.15. The van der Waals surface area contributed by atoms with Gasteiger partial charge in [0, 0.05) is 5.56 Å². The van der Waals surface area contributed by atoms with Crippen LogP contribution in [0.5, 0.6) is 5.75 Å². The number of rotatable bonds is 4. The molecule has 0 spiro atoms. The highest BCUT2D eigenvalue weighted by molar-refractivity contribution is 5.90. The van der Waals surface area contributed by atoms with Crippen molar-refractivity contribution < 1.29 is 14.3 Å². The average molecular weight is 284 g/mol. The van der Waals surface area contributed by atoms with E-state index in [1.807, 2.05) is 38.1 Å². The van der Waals surface area contributed by atoms with Gasteiger partial charge in [-0.1, -0.05) is 30.3 Å². The van der Waals surface area contributed by atoms with Gasteiger partial charge in [-0.15, -0.1) is 0 Å². The molecule has 0 radical (unpaired) electrons. The summed E-state index contributed by atoms with van der Waals surface area (Å²) in [6, 6.07) is 11.5. The molecule has 0 amide bonds. The second-order valence-electron chi connectivity index (χ2n) is 5.09. The van der Waals surface area contributed by atoms with Crippen LogP contribution in [0.1, 0.15) is 32.6 Å². The summed E-state index contributed by atoms with van der Waals surface area (Å²) in [6.07, 6.45) is 0. The lowest BCUT2D eigenvalue weighted by atomic mass is 10.0. The summed E-state index contributed by atoms with van der Waals surface area (Å²) in [5.74, 6) is 0.543. The van der Waals surface area contributed by atoms with E-state index in [0.717, 1.165) is 22.4 Å². The van der Waals surface area contributed by atoms with E-state index in [1.54, 1.807) is 6.07 Å². The number of hydrogen-bond acceptors (Lipinski definition) is 3. The Hall–Kier alpha value is -2.29. The fourth-order valence-corrected chi connectivity index (χ4v) is 2.25. The third-order valence-electron chi connectivity index (χ3n) is 3.67. The van der Waals surface area contributed by atoms with Crippen LogP contribution in [0.2, 0.25) is 0 Å². The summed E-state index contributed by atoms with van der Waals surface area (Å²) >= 11 is 0. The monoisotopic (exact) mass is 284 g/mol. The Balaban J connectivity index is 2.25. The van der Waals surface area contributed by atoms with Gasteiger partial charge in [0.15, 0.2) is 0 Å². The number of esters is 1. The van der Waals surface area contributed by atoms with E-state index in [1.165, 1.54) is 12.7 Å². The van der Waals surface area contributed by atoms with E-state index in [2.05, 4.69) is 13.0 Å². The molecule has 0 heterocycles. The Labute approximate surface area is 125 Å². The van der Waals surface area contributed by atoms with Crippen LogP contribution in [-0.4, -0.2) is 13.1 Å². The highest BCUT2D eigenvalue weighted by Gasteiger charge is 2.13. The minimum atomic E-state index is -0.341. The molecule has 3 heteroatoms. The molecular weight excluding hydrogens is 264 g/mol. The predicted molar refractivity (Wildman–Crippen MR) is 82.8 cm³/mol. The SMILES string of the molecule is COC(=O)c1ccccc1COc1c(C)ccc(C)c1C. The van der Waals surface area contributed by atoms with Crippen LogP contribution in [0.15, 0.2) is 36.4 Å². The van der Waals surface area contributed by atoms with Crippen LogP contribution in [0.25, 0.3) is 0 Å². The third-order valence-corrected chi connectivity index (χ3v) is 3.67. The van der Waals surface area contributed by atoms with Crippen LogP contribution in [0, 0.1) is 20.8 Å². The molecule has 110 valence electrons. The molecular formula is C18H20O3. The summed E-state index contributed by atoms with van der Waals surface area (Å²) in [5.41, 5.74) is 4.78. The van der Waals surface area contributed by atoms with Crippen LogP contribution in [0.4, 0.5) is 0 Å². The highest BCUT2D eigenvalue weighted by atomic mass is 16.5. The number of ether oxygens (including phenoxy) is 2. The standard InChI is InChI=1S/C18H20O3/c1-12-9-10-13(2)17(14(12)3)21-11-15-7-5-6-8-16(15)18(19)20-4/h5-10H,11H2,1-4H3. The largest absolute Gasteiger partial charge is 0.488 e. The molecule has 0 fully saturated rings. The Morgan fingerprint density at radius 3 is 2.38 bits per heavy atom. The number of carbonyl (C=O) groups excluding carboxylic acids is 1. The van der Waals surface area contributed by atoms with E-state index < -0.39 is 0 Å². The Morgan fingerprint density at radius 1 is 1.00 bits per heavy atom. The molecule has 0 aromatic heterocycles. The molecule has 0 unspecified atom stereocenters. The maximum absolute atomic E-state index is 11.8. The molecule has 0 atom stereocenters. The number of aryl methyl sites for hydroxylation is 2. The van der Waals surface area contributed by atoms with Gasteiger partial charge in [-0.3, -0.25) is 0 Å². The average Bonchev–Trinajstić information content (AvgIpc) is 2.50. The molecule has 2 aromatic rings. The van der Waals surface area contributed by atoms with Crippen LogP contribution in [0.3, 0.4) is 0 Å².